The van der Waals surface area contributed by atoms with Gasteiger partial charge < -0.3 is 4.90 Å². The lowest BCUT2D eigenvalue weighted by Crippen LogP contribution is -2.55. The quantitative estimate of drug-likeness (QED) is 0.851. The molecule has 1 aromatic carbocycles. The molecule has 0 spiro atoms. The number of carbonyl (C=O) groups excluding carboxylic acids is 1. The number of halogens is 1. The van der Waals surface area contributed by atoms with Crippen LogP contribution in [0.2, 0.25) is 0 Å². The largest absolute Gasteiger partial charge is 0.341 e. The van der Waals surface area contributed by atoms with Crippen molar-refractivity contribution < 1.29 is 9.18 Å². The van der Waals surface area contributed by atoms with Crippen LogP contribution < -0.4 is 0 Å². The van der Waals surface area contributed by atoms with Crippen LogP contribution >= 0.6 is 11.8 Å². The summed E-state index contributed by atoms with van der Waals surface area (Å²) >= 11 is 1.89. The van der Waals surface area contributed by atoms with E-state index in [0.717, 1.165) is 24.6 Å². The molecule has 2 heterocycles. The molecule has 0 unspecified atom stereocenters. The number of carbonyl (C=O) groups is 1. The molecule has 1 amide bonds. The fourth-order valence-corrected chi connectivity index (χ4v) is 3.79. The Hall–Kier alpha value is -1.58. The highest BCUT2D eigenvalue weighted by Gasteiger charge is 2.35. The lowest BCUT2D eigenvalue weighted by molar-refractivity contribution is -0.141. The third kappa shape index (κ3) is 3.26. The monoisotopic (exact) mass is 319 g/mol. The predicted molar refractivity (Wildman–Crippen MR) is 83.8 cm³/mol. The molecule has 22 heavy (non-hydrogen) atoms. The van der Waals surface area contributed by atoms with Crippen molar-refractivity contribution in [2.75, 3.05) is 37.7 Å². The molecule has 1 aromatic rings. The molecule has 2 aliphatic rings. The van der Waals surface area contributed by atoms with Gasteiger partial charge in [0.25, 0.3) is 0 Å². The molecule has 2 aliphatic heterocycles. The van der Waals surface area contributed by atoms with Crippen LogP contribution in [0.4, 0.5) is 4.39 Å². The number of hydrogen-bond acceptors (Lipinski definition) is 4. The van der Waals surface area contributed by atoms with E-state index in [2.05, 4.69) is 4.90 Å². The standard InChI is InChI=1S/C16H18FN3OS/c17-15-7-12(8-18)1-2-13(15)9-19-10-14(11-19)16(21)20-3-5-22-6-4-20/h1-2,7,14H,3-6,9-11H2. The van der Waals surface area contributed by atoms with Gasteiger partial charge in [-0.2, -0.15) is 17.0 Å². The summed E-state index contributed by atoms with van der Waals surface area (Å²) in [7, 11) is 0. The third-order valence-corrected chi connectivity index (χ3v) is 5.15. The van der Waals surface area contributed by atoms with Crippen LogP contribution in [0.3, 0.4) is 0 Å². The Bertz CT molecular complexity index is 604. The van der Waals surface area contributed by atoms with Gasteiger partial charge >= 0.3 is 0 Å². The maximum atomic E-state index is 13.8. The second-order valence-corrected chi connectivity index (χ2v) is 6.97. The van der Waals surface area contributed by atoms with Crippen molar-refractivity contribution >= 4 is 17.7 Å². The number of nitrogens with zero attached hydrogens (tertiary/aromatic N) is 3. The summed E-state index contributed by atoms with van der Waals surface area (Å²) in [5.41, 5.74) is 0.917. The zero-order valence-electron chi connectivity index (χ0n) is 12.3. The molecule has 116 valence electrons. The summed E-state index contributed by atoms with van der Waals surface area (Å²) in [6, 6.07) is 6.48. The maximum Gasteiger partial charge on any atom is 0.228 e. The zero-order valence-corrected chi connectivity index (χ0v) is 13.1. The topological polar surface area (TPSA) is 47.3 Å². The Morgan fingerprint density at radius 3 is 2.73 bits per heavy atom. The summed E-state index contributed by atoms with van der Waals surface area (Å²) in [5.74, 6) is 2.01. The molecule has 4 nitrogen and oxygen atoms in total. The zero-order chi connectivity index (χ0) is 15.5. The van der Waals surface area contributed by atoms with Crippen LogP contribution in [0, 0.1) is 23.1 Å². The van der Waals surface area contributed by atoms with Crippen molar-refractivity contribution in [3.8, 4) is 6.07 Å². The number of rotatable bonds is 3. The van der Waals surface area contributed by atoms with Crippen LogP contribution in [0.1, 0.15) is 11.1 Å². The number of likely N-dealkylation sites (tertiary alicyclic amines) is 1. The van der Waals surface area contributed by atoms with Crippen LogP contribution in [0.15, 0.2) is 18.2 Å². The van der Waals surface area contributed by atoms with Gasteiger partial charge in [0, 0.05) is 49.8 Å². The van der Waals surface area contributed by atoms with E-state index in [1.54, 1.807) is 12.1 Å². The highest BCUT2D eigenvalue weighted by molar-refractivity contribution is 7.99. The lowest BCUT2D eigenvalue weighted by atomic mass is 9.97. The molecule has 0 bridgehead atoms. The third-order valence-electron chi connectivity index (χ3n) is 4.21. The van der Waals surface area contributed by atoms with E-state index < -0.39 is 0 Å². The average Bonchev–Trinajstić information content (AvgIpc) is 2.52. The first-order valence-corrected chi connectivity index (χ1v) is 8.60. The molecule has 0 saturated carbocycles. The Kier molecular flexibility index (Phi) is 4.65. The summed E-state index contributed by atoms with van der Waals surface area (Å²) < 4.78 is 13.8. The molecule has 2 saturated heterocycles. The fraction of sp³-hybridized carbons (Fsp3) is 0.500. The Morgan fingerprint density at radius 1 is 1.36 bits per heavy atom. The number of benzene rings is 1. The van der Waals surface area contributed by atoms with E-state index in [9.17, 15) is 9.18 Å². The van der Waals surface area contributed by atoms with E-state index >= 15 is 0 Å². The Labute approximate surface area is 133 Å². The van der Waals surface area contributed by atoms with E-state index in [0.29, 0.717) is 30.8 Å². The minimum Gasteiger partial charge on any atom is -0.341 e. The van der Waals surface area contributed by atoms with Crippen molar-refractivity contribution in [3.63, 3.8) is 0 Å². The predicted octanol–water partition coefficient (Wildman–Crippen LogP) is 1.70. The smallest absolute Gasteiger partial charge is 0.228 e. The van der Waals surface area contributed by atoms with Gasteiger partial charge in [0.05, 0.1) is 17.6 Å². The minimum atomic E-state index is -0.345. The van der Waals surface area contributed by atoms with Gasteiger partial charge in [-0.25, -0.2) is 4.39 Å². The minimum absolute atomic E-state index is 0.0598. The second-order valence-electron chi connectivity index (χ2n) is 5.75. The van der Waals surface area contributed by atoms with Gasteiger partial charge in [0.1, 0.15) is 5.82 Å². The van der Waals surface area contributed by atoms with E-state index in [-0.39, 0.29) is 17.6 Å². The van der Waals surface area contributed by atoms with Crippen LogP contribution in [0.5, 0.6) is 0 Å². The number of amides is 1. The molecule has 3 rings (SSSR count). The van der Waals surface area contributed by atoms with Crippen molar-refractivity contribution in [2.45, 2.75) is 6.54 Å². The van der Waals surface area contributed by atoms with Crippen molar-refractivity contribution in [2.24, 2.45) is 5.92 Å². The van der Waals surface area contributed by atoms with Gasteiger partial charge in [-0.05, 0) is 12.1 Å². The van der Waals surface area contributed by atoms with Gasteiger partial charge in [-0.15, -0.1) is 0 Å². The number of thioether (sulfide) groups is 1. The molecule has 0 N–H and O–H groups in total. The first-order valence-electron chi connectivity index (χ1n) is 7.45. The Morgan fingerprint density at radius 2 is 2.09 bits per heavy atom. The normalized spacial score (nSPS) is 19.5. The van der Waals surface area contributed by atoms with Gasteiger partial charge in [-0.3, -0.25) is 9.69 Å². The molecule has 0 aliphatic carbocycles. The van der Waals surface area contributed by atoms with Gasteiger partial charge in [0.2, 0.25) is 5.91 Å². The summed E-state index contributed by atoms with van der Waals surface area (Å²) in [6.45, 7) is 3.59. The van der Waals surface area contributed by atoms with Gasteiger partial charge in [0.15, 0.2) is 0 Å². The molecule has 2 fully saturated rings. The molecule has 0 atom stereocenters. The van der Waals surface area contributed by atoms with Crippen LogP contribution in [-0.2, 0) is 11.3 Å². The summed E-state index contributed by atoms with van der Waals surface area (Å²) in [4.78, 5) is 16.3. The molecule has 6 heteroatoms. The van der Waals surface area contributed by atoms with E-state index in [4.69, 9.17) is 5.26 Å². The number of nitriles is 1. The summed E-state index contributed by atoms with van der Waals surface area (Å²) in [6.07, 6.45) is 0. The molecular weight excluding hydrogens is 301 g/mol. The van der Waals surface area contributed by atoms with Crippen molar-refractivity contribution in [1.82, 2.24) is 9.80 Å². The van der Waals surface area contributed by atoms with Crippen LogP contribution in [0.25, 0.3) is 0 Å². The Balaban J connectivity index is 1.51. The van der Waals surface area contributed by atoms with Crippen molar-refractivity contribution in [3.05, 3.63) is 35.1 Å². The van der Waals surface area contributed by atoms with E-state index in [1.165, 1.54) is 6.07 Å². The fourth-order valence-electron chi connectivity index (χ4n) is 2.88. The van der Waals surface area contributed by atoms with E-state index in [1.807, 2.05) is 22.7 Å². The first-order chi connectivity index (χ1) is 10.7. The molecular formula is C16H18FN3OS. The molecule has 0 radical (unpaired) electrons. The SMILES string of the molecule is N#Cc1ccc(CN2CC(C(=O)N3CCSCC3)C2)c(F)c1. The van der Waals surface area contributed by atoms with Gasteiger partial charge in [-0.1, -0.05) is 6.07 Å². The lowest BCUT2D eigenvalue weighted by Gasteiger charge is -2.41. The molecule has 0 aromatic heterocycles. The maximum absolute atomic E-state index is 13.8. The summed E-state index contributed by atoms with van der Waals surface area (Å²) in [5, 5.41) is 8.74. The highest BCUT2D eigenvalue weighted by atomic mass is 32.2. The highest BCUT2D eigenvalue weighted by Crippen LogP contribution is 2.23. The first kappa shape index (κ1) is 15.3. The second kappa shape index (κ2) is 6.67. The number of hydrogen-bond donors (Lipinski definition) is 0. The van der Waals surface area contributed by atoms with Crippen LogP contribution in [-0.4, -0.2) is 53.4 Å². The van der Waals surface area contributed by atoms with Crippen molar-refractivity contribution in [1.29, 1.82) is 5.26 Å². The average molecular weight is 319 g/mol.